The minimum absolute atomic E-state index is 0.000993. The highest BCUT2D eigenvalue weighted by Crippen LogP contribution is 2.48. The van der Waals surface area contributed by atoms with E-state index in [0.717, 1.165) is 33.9 Å². The Morgan fingerprint density at radius 2 is 1.97 bits per heavy atom. The van der Waals surface area contributed by atoms with Crippen molar-refractivity contribution in [1.29, 1.82) is 0 Å². The molecule has 0 saturated carbocycles. The zero-order valence-electron chi connectivity index (χ0n) is 18.4. The second-order valence-corrected chi connectivity index (χ2v) is 8.74. The standard InChI is InChI=1S/C26H31ClO4/c1-5-30-24-12-6-18(7-13-25(28)29)14-23(24)26-21(16(2)3)15-22(17(4)31-26)19-8-10-20(27)11-9-19/h6,8-12,14,17,21-22,26H,2,5,7,13,15H2,1,3-4H3,(H,28,29)/t17-,21+,22+,26-/m0/s1. The van der Waals surface area contributed by atoms with E-state index in [1.807, 2.05) is 44.2 Å². The summed E-state index contributed by atoms with van der Waals surface area (Å²) in [6.45, 7) is 10.9. The van der Waals surface area contributed by atoms with Gasteiger partial charge in [-0.15, -0.1) is 0 Å². The first-order valence-electron chi connectivity index (χ1n) is 10.8. The summed E-state index contributed by atoms with van der Waals surface area (Å²) >= 11 is 6.08. The van der Waals surface area contributed by atoms with Crippen molar-refractivity contribution in [2.24, 2.45) is 5.92 Å². The molecule has 4 atom stereocenters. The first-order valence-corrected chi connectivity index (χ1v) is 11.2. The molecule has 0 radical (unpaired) electrons. The molecule has 3 rings (SSSR count). The van der Waals surface area contributed by atoms with Crippen LogP contribution in [0, 0.1) is 5.92 Å². The molecule has 166 valence electrons. The lowest BCUT2D eigenvalue weighted by Crippen LogP contribution is -2.34. The van der Waals surface area contributed by atoms with E-state index < -0.39 is 5.97 Å². The summed E-state index contributed by atoms with van der Waals surface area (Å²) in [5, 5.41) is 9.79. The van der Waals surface area contributed by atoms with E-state index in [4.69, 9.17) is 26.2 Å². The summed E-state index contributed by atoms with van der Waals surface area (Å²) in [4.78, 5) is 11.0. The van der Waals surface area contributed by atoms with Gasteiger partial charge in [0, 0.05) is 28.8 Å². The third-order valence-electron chi connectivity index (χ3n) is 6.04. The van der Waals surface area contributed by atoms with Crippen molar-refractivity contribution < 1.29 is 19.4 Å². The smallest absolute Gasteiger partial charge is 0.303 e. The van der Waals surface area contributed by atoms with E-state index in [1.165, 1.54) is 5.56 Å². The van der Waals surface area contributed by atoms with Crippen molar-refractivity contribution in [2.45, 2.75) is 58.2 Å². The fourth-order valence-corrected chi connectivity index (χ4v) is 4.52. The fraction of sp³-hybridized carbons (Fsp3) is 0.423. The van der Waals surface area contributed by atoms with Crippen LogP contribution in [0.5, 0.6) is 5.75 Å². The van der Waals surface area contributed by atoms with Crippen LogP contribution in [0.15, 0.2) is 54.6 Å². The molecular formula is C26H31ClO4. The summed E-state index contributed by atoms with van der Waals surface area (Å²) in [5.41, 5.74) is 4.22. The second-order valence-electron chi connectivity index (χ2n) is 8.31. The first kappa shape index (κ1) is 23.4. The highest BCUT2D eigenvalue weighted by Gasteiger charge is 2.39. The molecule has 2 aromatic rings. The van der Waals surface area contributed by atoms with Gasteiger partial charge in [0.2, 0.25) is 0 Å². The van der Waals surface area contributed by atoms with Gasteiger partial charge in [-0.3, -0.25) is 4.79 Å². The Kier molecular flexibility index (Phi) is 7.79. The molecule has 1 N–H and O–H groups in total. The molecule has 0 aliphatic carbocycles. The molecular weight excluding hydrogens is 412 g/mol. The first-order chi connectivity index (χ1) is 14.8. The molecule has 0 unspecified atom stereocenters. The van der Waals surface area contributed by atoms with Gasteiger partial charge in [-0.2, -0.15) is 0 Å². The van der Waals surface area contributed by atoms with Gasteiger partial charge >= 0.3 is 5.97 Å². The number of aryl methyl sites for hydroxylation is 1. The van der Waals surface area contributed by atoms with E-state index in [1.54, 1.807) is 0 Å². The van der Waals surface area contributed by atoms with E-state index in [9.17, 15) is 4.79 Å². The van der Waals surface area contributed by atoms with Crippen molar-refractivity contribution in [2.75, 3.05) is 6.61 Å². The Labute approximate surface area is 189 Å². The molecule has 1 saturated heterocycles. The Bertz CT molecular complexity index is 922. The average molecular weight is 443 g/mol. The van der Waals surface area contributed by atoms with Crippen LogP contribution in [0.1, 0.15) is 62.3 Å². The monoisotopic (exact) mass is 442 g/mol. The maximum atomic E-state index is 11.0. The van der Waals surface area contributed by atoms with Crippen LogP contribution < -0.4 is 4.74 Å². The van der Waals surface area contributed by atoms with E-state index in [0.29, 0.717) is 13.0 Å². The highest BCUT2D eigenvalue weighted by molar-refractivity contribution is 6.30. The molecule has 31 heavy (non-hydrogen) atoms. The summed E-state index contributed by atoms with van der Waals surface area (Å²) in [6, 6.07) is 13.9. The van der Waals surface area contributed by atoms with Gasteiger partial charge in [0.15, 0.2) is 0 Å². The molecule has 1 heterocycles. The maximum Gasteiger partial charge on any atom is 0.303 e. The molecule has 0 spiro atoms. The zero-order valence-corrected chi connectivity index (χ0v) is 19.2. The molecule has 2 aromatic carbocycles. The highest BCUT2D eigenvalue weighted by atomic mass is 35.5. The Morgan fingerprint density at radius 3 is 2.58 bits per heavy atom. The van der Waals surface area contributed by atoms with Crippen LogP contribution in [0.25, 0.3) is 0 Å². The third-order valence-corrected chi connectivity index (χ3v) is 6.29. The largest absolute Gasteiger partial charge is 0.493 e. The summed E-state index contributed by atoms with van der Waals surface area (Å²) < 4.78 is 12.5. The van der Waals surface area contributed by atoms with Crippen molar-refractivity contribution in [1.82, 2.24) is 0 Å². The molecule has 4 nitrogen and oxygen atoms in total. The van der Waals surface area contributed by atoms with Crippen LogP contribution in [-0.4, -0.2) is 23.8 Å². The number of benzene rings is 2. The van der Waals surface area contributed by atoms with E-state index in [2.05, 4.69) is 25.6 Å². The predicted molar refractivity (Wildman–Crippen MR) is 124 cm³/mol. The number of carboxylic acid groups (broad SMARTS) is 1. The van der Waals surface area contributed by atoms with E-state index >= 15 is 0 Å². The summed E-state index contributed by atoms with van der Waals surface area (Å²) in [5.74, 6) is 0.338. The lowest BCUT2D eigenvalue weighted by Gasteiger charge is -2.42. The Hall–Kier alpha value is -2.30. The molecule has 1 aliphatic heterocycles. The molecule has 0 amide bonds. The maximum absolute atomic E-state index is 11.0. The molecule has 1 fully saturated rings. The van der Waals surface area contributed by atoms with Crippen LogP contribution in [-0.2, 0) is 16.0 Å². The van der Waals surface area contributed by atoms with Crippen LogP contribution in [0.2, 0.25) is 5.02 Å². The topological polar surface area (TPSA) is 55.8 Å². The summed E-state index contributed by atoms with van der Waals surface area (Å²) in [7, 11) is 0. The van der Waals surface area contributed by atoms with Gasteiger partial charge in [0.05, 0.1) is 18.8 Å². The number of hydrogen-bond acceptors (Lipinski definition) is 3. The molecule has 0 aromatic heterocycles. The molecule has 0 bridgehead atoms. The molecule has 1 aliphatic rings. The third kappa shape index (κ3) is 5.69. The number of aliphatic carboxylic acids is 1. The fourth-order valence-electron chi connectivity index (χ4n) is 4.39. The van der Waals surface area contributed by atoms with Crippen LogP contribution >= 0.6 is 11.6 Å². The summed E-state index contributed by atoms with van der Waals surface area (Å²) in [6.07, 6.45) is 1.29. The Morgan fingerprint density at radius 1 is 1.26 bits per heavy atom. The average Bonchev–Trinajstić information content (AvgIpc) is 2.73. The van der Waals surface area contributed by atoms with Crippen molar-refractivity contribution in [3.63, 3.8) is 0 Å². The van der Waals surface area contributed by atoms with Crippen LogP contribution in [0.3, 0.4) is 0 Å². The molecule has 5 heteroatoms. The minimum Gasteiger partial charge on any atom is -0.493 e. The van der Waals surface area contributed by atoms with Crippen molar-refractivity contribution in [3.8, 4) is 5.75 Å². The van der Waals surface area contributed by atoms with Gasteiger partial charge in [-0.1, -0.05) is 42.0 Å². The lowest BCUT2D eigenvalue weighted by molar-refractivity contribution is -0.136. The number of rotatable bonds is 8. The number of hydrogen-bond donors (Lipinski definition) is 1. The van der Waals surface area contributed by atoms with Gasteiger partial charge < -0.3 is 14.6 Å². The van der Waals surface area contributed by atoms with Crippen molar-refractivity contribution in [3.05, 3.63) is 76.3 Å². The predicted octanol–water partition coefficient (Wildman–Crippen LogP) is 6.58. The zero-order chi connectivity index (χ0) is 22.5. The van der Waals surface area contributed by atoms with Gasteiger partial charge in [-0.25, -0.2) is 0 Å². The van der Waals surface area contributed by atoms with Gasteiger partial charge in [0.25, 0.3) is 0 Å². The van der Waals surface area contributed by atoms with Gasteiger partial charge in [-0.05, 0) is 69.0 Å². The minimum atomic E-state index is -0.802. The number of ether oxygens (including phenoxy) is 2. The van der Waals surface area contributed by atoms with Gasteiger partial charge in [0.1, 0.15) is 5.75 Å². The van der Waals surface area contributed by atoms with E-state index in [-0.39, 0.29) is 30.5 Å². The normalized spacial score (nSPS) is 23.4. The van der Waals surface area contributed by atoms with Crippen molar-refractivity contribution >= 4 is 17.6 Å². The quantitative estimate of drug-likeness (QED) is 0.469. The SMILES string of the molecule is C=C(C)[C@H]1C[C@@H](c2ccc(Cl)cc2)[C@H](C)O[C@@H]1c1cc(CCC(=O)O)ccc1OCC. The van der Waals surface area contributed by atoms with Crippen LogP contribution in [0.4, 0.5) is 0 Å². The Balaban J connectivity index is 1.94. The lowest BCUT2D eigenvalue weighted by atomic mass is 9.75. The number of carbonyl (C=O) groups is 1. The number of halogens is 1. The number of carboxylic acids is 1. The second kappa shape index (κ2) is 10.3.